The van der Waals surface area contributed by atoms with E-state index < -0.39 is 5.97 Å². The molecule has 0 saturated heterocycles. The zero-order valence-corrected chi connectivity index (χ0v) is 11.1. The molecule has 0 amide bonds. The van der Waals surface area contributed by atoms with Crippen molar-refractivity contribution >= 4 is 5.97 Å². The molecule has 0 atom stereocenters. The first-order valence-corrected chi connectivity index (χ1v) is 7.51. The molecule has 100 valence electrons. The molecule has 1 fully saturated rings. The van der Waals surface area contributed by atoms with Crippen molar-refractivity contribution in [1.29, 1.82) is 0 Å². The maximum atomic E-state index is 10.3. The Balaban J connectivity index is 1.65. The molecule has 0 unspecified atom stereocenters. The summed E-state index contributed by atoms with van der Waals surface area (Å²) < 4.78 is 0. The first-order valence-electron chi connectivity index (χ1n) is 7.51. The van der Waals surface area contributed by atoms with E-state index in [1.165, 1.54) is 64.2 Å². The summed E-state index contributed by atoms with van der Waals surface area (Å²) in [4.78, 5) is 10.3. The van der Waals surface area contributed by atoms with E-state index in [1.54, 1.807) is 0 Å². The van der Waals surface area contributed by atoms with Crippen LogP contribution in [-0.2, 0) is 4.79 Å². The lowest BCUT2D eigenvalue weighted by atomic mass is 10.0. The van der Waals surface area contributed by atoms with E-state index in [9.17, 15) is 4.79 Å². The van der Waals surface area contributed by atoms with Gasteiger partial charge in [0.05, 0.1) is 0 Å². The van der Waals surface area contributed by atoms with E-state index in [1.807, 2.05) is 0 Å². The molecule has 0 aromatic carbocycles. The van der Waals surface area contributed by atoms with Gasteiger partial charge in [-0.15, -0.1) is 0 Å². The summed E-state index contributed by atoms with van der Waals surface area (Å²) in [5.41, 5.74) is 0. The van der Waals surface area contributed by atoms with Crippen molar-refractivity contribution < 1.29 is 9.90 Å². The highest BCUT2D eigenvalue weighted by Crippen LogP contribution is 2.34. The molecule has 0 aliphatic heterocycles. The SMILES string of the molecule is O=C(O)CCCCCCCCCCCC1CC1. The van der Waals surface area contributed by atoms with Gasteiger partial charge in [0.15, 0.2) is 0 Å². The number of hydrogen-bond acceptors (Lipinski definition) is 1. The van der Waals surface area contributed by atoms with Gasteiger partial charge in [0.2, 0.25) is 0 Å². The van der Waals surface area contributed by atoms with Gasteiger partial charge >= 0.3 is 5.97 Å². The van der Waals surface area contributed by atoms with Crippen LogP contribution in [0.4, 0.5) is 0 Å². The predicted molar refractivity (Wildman–Crippen MR) is 71.1 cm³/mol. The Kier molecular flexibility index (Phi) is 8.12. The second kappa shape index (κ2) is 9.49. The minimum Gasteiger partial charge on any atom is -0.481 e. The van der Waals surface area contributed by atoms with Crippen LogP contribution in [0, 0.1) is 5.92 Å². The average molecular weight is 240 g/mol. The van der Waals surface area contributed by atoms with Crippen LogP contribution in [-0.4, -0.2) is 11.1 Å². The van der Waals surface area contributed by atoms with Gasteiger partial charge in [-0.2, -0.15) is 0 Å². The van der Waals surface area contributed by atoms with Crippen LogP contribution < -0.4 is 0 Å². The number of unbranched alkanes of at least 4 members (excludes halogenated alkanes) is 8. The van der Waals surface area contributed by atoms with Crippen LogP contribution in [0.25, 0.3) is 0 Å². The second-order valence-electron chi connectivity index (χ2n) is 5.56. The zero-order chi connectivity index (χ0) is 12.3. The van der Waals surface area contributed by atoms with E-state index in [-0.39, 0.29) is 0 Å². The Morgan fingerprint density at radius 3 is 1.76 bits per heavy atom. The van der Waals surface area contributed by atoms with Crippen molar-refractivity contribution in [3.05, 3.63) is 0 Å². The zero-order valence-electron chi connectivity index (χ0n) is 11.1. The predicted octanol–water partition coefficient (Wildman–Crippen LogP) is 4.77. The molecule has 0 spiro atoms. The average Bonchev–Trinajstić information content (AvgIpc) is 3.09. The number of carboxylic acids is 1. The van der Waals surface area contributed by atoms with E-state index in [0.29, 0.717) is 6.42 Å². The minimum absolute atomic E-state index is 0.348. The normalized spacial score (nSPS) is 15.1. The van der Waals surface area contributed by atoms with Crippen molar-refractivity contribution in [3.63, 3.8) is 0 Å². The van der Waals surface area contributed by atoms with Gasteiger partial charge < -0.3 is 5.11 Å². The Hall–Kier alpha value is -0.530. The van der Waals surface area contributed by atoms with Gasteiger partial charge in [-0.05, 0) is 12.3 Å². The molecular weight excluding hydrogens is 212 g/mol. The fourth-order valence-corrected chi connectivity index (χ4v) is 2.35. The topological polar surface area (TPSA) is 37.3 Å². The maximum absolute atomic E-state index is 10.3. The third kappa shape index (κ3) is 10.3. The Morgan fingerprint density at radius 1 is 0.824 bits per heavy atom. The van der Waals surface area contributed by atoms with Crippen LogP contribution >= 0.6 is 0 Å². The molecule has 0 aromatic heterocycles. The van der Waals surface area contributed by atoms with Crippen molar-refractivity contribution in [2.75, 3.05) is 0 Å². The summed E-state index contributed by atoms with van der Waals surface area (Å²) in [5.74, 6) is 0.449. The molecule has 2 nitrogen and oxygen atoms in total. The molecule has 2 heteroatoms. The highest BCUT2D eigenvalue weighted by molar-refractivity contribution is 5.66. The maximum Gasteiger partial charge on any atom is 0.303 e. The van der Waals surface area contributed by atoms with Crippen LogP contribution in [0.2, 0.25) is 0 Å². The number of carboxylic acid groups (broad SMARTS) is 1. The first kappa shape index (κ1) is 14.5. The fraction of sp³-hybridized carbons (Fsp3) is 0.933. The lowest BCUT2D eigenvalue weighted by Crippen LogP contribution is -1.93. The Bertz CT molecular complexity index is 197. The van der Waals surface area contributed by atoms with E-state index in [4.69, 9.17) is 5.11 Å². The van der Waals surface area contributed by atoms with Crippen LogP contribution in [0.5, 0.6) is 0 Å². The van der Waals surface area contributed by atoms with Gasteiger partial charge in [0.25, 0.3) is 0 Å². The minimum atomic E-state index is -0.652. The van der Waals surface area contributed by atoms with Gasteiger partial charge in [-0.25, -0.2) is 0 Å². The molecule has 1 saturated carbocycles. The van der Waals surface area contributed by atoms with Gasteiger partial charge in [-0.1, -0.05) is 70.6 Å². The Labute approximate surface area is 106 Å². The van der Waals surface area contributed by atoms with E-state index in [2.05, 4.69) is 0 Å². The molecule has 0 aromatic rings. The van der Waals surface area contributed by atoms with Gasteiger partial charge in [-0.3, -0.25) is 4.79 Å². The first-order chi connectivity index (χ1) is 8.29. The number of aliphatic carboxylic acids is 1. The highest BCUT2D eigenvalue weighted by atomic mass is 16.4. The summed E-state index contributed by atoms with van der Waals surface area (Å²) in [6, 6.07) is 0. The quantitative estimate of drug-likeness (QED) is 0.499. The molecule has 1 N–H and O–H groups in total. The standard InChI is InChI=1S/C15H28O2/c16-15(17)11-9-7-5-3-1-2-4-6-8-10-14-12-13-14/h14H,1-13H2,(H,16,17). The molecule has 0 radical (unpaired) electrons. The van der Waals surface area contributed by atoms with Gasteiger partial charge in [0, 0.05) is 6.42 Å². The van der Waals surface area contributed by atoms with Crippen LogP contribution in [0.15, 0.2) is 0 Å². The number of carbonyl (C=O) groups is 1. The molecule has 0 bridgehead atoms. The van der Waals surface area contributed by atoms with Crippen molar-refractivity contribution in [1.82, 2.24) is 0 Å². The summed E-state index contributed by atoms with van der Waals surface area (Å²) in [7, 11) is 0. The van der Waals surface area contributed by atoms with Crippen molar-refractivity contribution in [2.45, 2.75) is 83.5 Å². The van der Waals surface area contributed by atoms with Crippen molar-refractivity contribution in [3.8, 4) is 0 Å². The summed E-state index contributed by atoms with van der Waals surface area (Å²) in [6.07, 6.45) is 16.3. The lowest BCUT2D eigenvalue weighted by molar-refractivity contribution is -0.137. The summed E-state index contributed by atoms with van der Waals surface area (Å²) in [6.45, 7) is 0. The molecule has 17 heavy (non-hydrogen) atoms. The molecule has 1 aliphatic rings. The van der Waals surface area contributed by atoms with Crippen LogP contribution in [0.3, 0.4) is 0 Å². The lowest BCUT2D eigenvalue weighted by Gasteiger charge is -2.01. The largest absolute Gasteiger partial charge is 0.481 e. The second-order valence-corrected chi connectivity index (χ2v) is 5.56. The third-order valence-corrected chi connectivity index (χ3v) is 3.70. The highest BCUT2D eigenvalue weighted by Gasteiger charge is 2.19. The molecule has 1 rings (SSSR count). The van der Waals surface area contributed by atoms with Crippen LogP contribution in [0.1, 0.15) is 83.5 Å². The molecule has 0 heterocycles. The summed E-state index contributed by atoms with van der Waals surface area (Å²) in [5, 5.41) is 8.48. The number of rotatable bonds is 12. The van der Waals surface area contributed by atoms with E-state index in [0.717, 1.165) is 18.8 Å². The number of hydrogen-bond donors (Lipinski definition) is 1. The smallest absolute Gasteiger partial charge is 0.303 e. The fourth-order valence-electron chi connectivity index (χ4n) is 2.35. The monoisotopic (exact) mass is 240 g/mol. The molecule has 1 aliphatic carbocycles. The summed E-state index contributed by atoms with van der Waals surface area (Å²) >= 11 is 0. The van der Waals surface area contributed by atoms with Gasteiger partial charge in [0.1, 0.15) is 0 Å². The van der Waals surface area contributed by atoms with Crippen molar-refractivity contribution in [2.24, 2.45) is 5.92 Å². The van der Waals surface area contributed by atoms with E-state index >= 15 is 0 Å². The third-order valence-electron chi connectivity index (χ3n) is 3.70. The molecular formula is C15H28O2. The Morgan fingerprint density at radius 2 is 1.29 bits per heavy atom.